The van der Waals surface area contributed by atoms with Crippen molar-refractivity contribution >= 4 is 28.1 Å². The van der Waals surface area contributed by atoms with Crippen molar-refractivity contribution in [2.24, 2.45) is 0 Å². The summed E-state index contributed by atoms with van der Waals surface area (Å²) in [6.45, 7) is 4.64. The van der Waals surface area contributed by atoms with E-state index in [0.29, 0.717) is 23.6 Å². The van der Waals surface area contributed by atoms with Gasteiger partial charge in [-0.15, -0.1) is 0 Å². The summed E-state index contributed by atoms with van der Waals surface area (Å²) in [5.74, 6) is -0.724. The summed E-state index contributed by atoms with van der Waals surface area (Å²) in [6.07, 6.45) is 4.67. The van der Waals surface area contributed by atoms with E-state index in [9.17, 15) is 9.18 Å². The minimum atomic E-state index is -0.398. The lowest BCUT2D eigenvalue weighted by molar-refractivity contribution is 0.102. The van der Waals surface area contributed by atoms with Crippen LogP contribution < -0.4 is 5.32 Å². The van der Waals surface area contributed by atoms with E-state index in [4.69, 9.17) is 0 Å². The van der Waals surface area contributed by atoms with Gasteiger partial charge >= 0.3 is 0 Å². The predicted octanol–water partition coefficient (Wildman–Crippen LogP) is 5.15. The van der Waals surface area contributed by atoms with Gasteiger partial charge in [-0.1, -0.05) is 50.2 Å². The van der Waals surface area contributed by atoms with Crippen LogP contribution >= 0.6 is 0 Å². The maximum Gasteiger partial charge on any atom is 0.274 e. The molecule has 0 spiro atoms. The molecule has 31 heavy (non-hydrogen) atoms. The van der Waals surface area contributed by atoms with Crippen molar-refractivity contribution in [2.45, 2.75) is 20.4 Å². The van der Waals surface area contributed by atoms with Gasteiger partial charge < -0.3 is 5.32 Å². The first kappa shape index (κ1) is 20.3. The minimum absolute atomic E-state index is 0.326. The summed E-state index contributed by atoms with van der Waals surface area (Å²) in [4.78, 5) is 16.9. The van der Waals surface area contributed by atoms with Crippen molar-refractivity contribution in [3.63, 3.8) is 0 Å². The van der Waals surface area contributed by atoms with Gasteiger partial charge in [-0.3, -0.25) is 13.9 Å². The van der Waals surface area contributed by atoms with Gasteiger partial charge in [0.1, 0.15) is 17.2 Å². The highest BCUT2D eigenvalue weighted by Crippen LogP contribution is 2.24. The lowest BCUT2D eigenvalue weighted by Crippen LogP contribution is -2.14. The lowest BCUT2D eigenvalue weighted by Gasteiger charge is -2.08. The Morgan fingerprint density at radius 3 is 2.65 bits per heavy atom. The number of pyridine rings is 1. The molecule has 0 saturated carbocycles. The van der Waals surface area contributed by atoms with Crippen molar-refractivity contribution in [1.29, 1.82) is 0 Å². The summed E-state index contributed by atoms with van der Waals surface area (Å²) in [5, 5.41) is 8.26. The van der Waals surface area contributed by atoms with Crippen molar-refractivity contribution in [3.8, 4) is 0 Å². The van der Waals surface area contributed by atoms with Crippen LogP contribution in [-0.2, 0) is 6.54 Å². The summed E-state index contributed by atoms with van der Waals surface area (Å²) in [6, 6.07) is 18.3. The highest BCUT2D eigenvalue weighted by molar-refractivity contribution is 6.08. The molecule has 3 heterocycles. The Morgan fingerprint density at radius 1 is 1.03 bits per heavy atom. The summed E-state index contributed by atoms with van der Waals surface area (Å²) in [7, 11) is 0. The Balaban J connectivity index is 0.00000112. The first-order chi connectivity index (χ1) is 15.2. The van der Waals surface area contributed by atoms with E-state index in [1.807, 2.05) is 67.1 Å². The Morgan fingerprint density at radius 2 is 1.84 bits per heavy atom. The molecule has 1 N–H and O–H groups in total. The molecule has 7 heteroatoms. The Hall–Kier alpha value is -4.00. The van der Waals surface area contributed by atoms with Crippen LogP contribution in [0.5, 0.6) is 0 Å². The molecule has 0 unspecified atom stereocenters. The fourth-order valence-corrected chi connectivity index (χ4v) is 3.40. The predicted molar refractivity (Wildman–Crippen MR) is 120 cm³/mol. The zero-order valence-corrected chi connectivity index (χ0v) is 17.3. The molecule has 0 aliphatic rings. The molecule has 3 aromatic heterocycles. The van der Waals surface area contributed by atoms with E-state index in [2.05, 4.69) is 15.4 Å². The molecule has 156 valence electrons. The second kappa shape index (κ2) is 8.79. The standard InChI is InChI=1S/C22H16FN5O.C2H6/c23-16-9-10-27-20(13-24-21(27)11-16)22(29)26-18-7-4-8-19-17(18)12-25-28(19)14-15-5-2-1-3-6-15;1-2/h1-13H,14H2,(H,26,29);1-2H3. The van der Waals surface area contributed by atoms with E-state index in [-0.39, 0.29) is 5.91 Å². The molecule has 5 aromatic rings. The SMILES string of the molecule is CC.O=C(Nc1cccc2c1cnn2Cc1ccccc1)c1cnc2cc(F)ccn12. The molecule has 2 aromatic carbocycles. The number of halogens is 1. The first-order valence-corrected chi connectivity index (χ1v) is 10.1. The first-order valence-electron chi connectivity index (χ1n) is 10.1. The number of carbonyl (C=O) groups excluding carboxylic acids is 1. The number of benzene rings is 2. The quantitative estimate of drug-likeness (QED) is 0.441. The van der Waals surface area contributed by atoms with E-state index in [1.54, 1.807) is 10.6 Å². The molecule has 0 atom stereocenters. The molecule has 0 aliphatic heterocycles. The number of hydrogen-bond acceptors (Lipinski definition) is 3. The van der Waals surface area contributed by atoms with Crippen LogP contribution in [0.25, 0.3) is 16.6 Å². The van der Waals surface area contributed by atoms with Crippen LogP contribution in [0.15, 0.2) is 79.3 Å². The third kappa shape index (κ3) is 4.02. The number of nitrogens with one attached hydrogen (secondary N) is 1. The smallest absolute Gasteiger partial charge is 0.274 e. The normalized spacial score (nSPS) is 10.7. The van der Waals surface area contributed by atoms with Gasteiger partial charge in [-0.05, 0) is 23.8 Å². The maximum absolute atomic E-state index is 13.4. The Bertz CT molecular complexity index is 1340. The van der Waals surface area contributed by atoms with E-state index in [1.165, 1.54) is 24.5 Å². The van der Waals surface area contributed by atoms with Gasteiger partial charge in [0, 0.05) is 17.6 Å². The molecule has 1 amide bonds. The number of imidazole rings is 1. The zero-order valence-electron chi connectivity index (χ0n) is 17.3. The van der Waals surface area contributed by atoms with Crippen molar-refractivity contribution in [1.82, 2.24) is 19.2 Å². The molecule has 0 bridgehead atoms. The fourth-order valence-electron chi connectivity index (χ4n) is 3.40. The largest absolute Gasteiger partial charge is 0.320 e. The van der Waals surface area contributed by atoms with E-state index in [0.717, 1.165) is 16.5 Å². The average Bonchev–Trinajstić information content (AvgIpc) is 3.40. The third-order valence-electron chi connectivity index (χ3n) is 4.82. The zero-order chi connectivity index (χ0) is 21.8. The van der Waals surface area contributed by atoms with Gasteiger partial charge in [0.15, 0.2) is 0 Å². The number of carbonyl (C=O) groups is 1. The van der Waals surface area contributed by atoms with Gasteiger partial charge in [0.2, 0.25) is 0 Å². The summed E-state index contributed by atoms with van der Waals surface area (Å²) >= 11 is 0. The van der Waals surface area contributed by atoms with Gasteiger partial charge in [0.05, 0.1) is 30.1 Å². The average molecular weight is 415 g/mol. The topological polar surface area (TPSA) is 64.2 Å². The van der Waals surface area contributed by atoms with Crippen LogP contribution in [0.1, 0.15) is 29.9 Å². The van der Waals surface area contributed by atoms with Gasteiger partial charge in [0.25, 0.3) is 5.91 Å². The Kier molecular flexibility index (Phi) is 5.75. The molecule has 5 rings (SSSR count). The number of amides is 1. The van der Waals surface area contributed by atoms with Crippen LogP contribution in [0, 0.1) is 5.82 Å². The monoisotopic (exact) mass is 415 g/mol. The molecule has 0 radical (unpaired) electrons. The molecule has 0 saturated heterocycles. The molecule has 0 fully saturated rings. The van der Waals surface area contributed by atoms with Crippen LogP contribution in [0.3, 0.4) is 0 Å². The van der Waals surface area contributed by atoms with Crippen molar-refractivity contribution < 1.29 is 9.18 Å². The second-order valence-electron chi connectivity index (χ2n) is 6.70. The fraction of sp³-hybridized carbons (Fsp3) is 0.125. The summed E-state index contributed by atoms with van der Waals surface area (Å²) in [5.41, 5.74) is 3.43. The van der Waals surface area contributed by atoms with Crippen molar-refractivity contribution in [3.05, 3.63) is 96.3 Å². The Labute approximate surface area is 179 Å². The van der Waals surface area contributed by atoms with Gasteiger partial charge in [-0.2, -0.15) is 5.10 Å². The number of anilines is 1. The van der Waals surface area contributed by atoms with E-state index >= 15 is 0 Å². The number of nitrogens with zero attached hydrogens (tertiary/aromatic N) is 4. The molecule has 0 aliphatic carbocycles. The third-order valence-corrected chi connectivity index (χ3v) is 4.82. The van der Waals surface area contributed by atoms with Crippen molar-refractivity contribution in [2.75, 3.05) is 5.32 Å². The highest BCUT2D eigenvalue weighted by Gasteiger charge is 2.15. The van der Waals surface area contributed by atoms with E-state index < -0.39 is 5.82 Å². The second-order valence-corrected chi connectivity index (χ2v) is 6.70. The van der Waals surface area contributed by atoms with Crippen LogP contribution in [0.2, 0.25) is 0 Å². The van der Waals surface area contributed by atoms with Crippen LogP contribution in [-0.4, -0.2) is 25.1 Å². The number of aromatic nitrogens is 4. The van der Waals surface area contributed by atoms with Crippen LogP contribution in [0.4, 0.5) is 10.1 Å². The summed E-state index contributed by atoms with van der Waals surface area (Å²) < 4.78 is 16.8. The highest BCUT2D eigenvalue weighted by atomic mass is 19.1. The van der Waals surface area contributed by atoms with Gasteiger partial charge in [-0.25, -0.2) is 9.37 Å². The number of hydrogen-bond donors (Lipinski definition) is 1. The molecular weight excluding hydrogens is 393 g/mol. The molecular formula is C24H22FN5O. The number of fused-ring (bicyclic) bond motifs is 2. The maximum atomic E-state index is 13.4. The minimum Gasteiger partial charge on any atom is -0.320 e. The number of rotatable bonds is 4. The lowest BCUT2D eigenvalue weighted by atomic mass is 10.2. The molecule has 6 nitrogen and oxygen atoms in total.